The van der Waals surface area contributed by atoms with E-state index >= 15 is 0 Å². The lowest BCUT2D eigenvalue weighted by Gasteiger charge is -2.24. The molecule has 0 aliphatic rings. The molecule has 0 unspecified atom stereocenters. The highest BCUT2D eigenvalue weighted by molar-refractivity contribution is 7.92. The summed E-state index contributed by atoms with van der Waals surface area (Å²) in [4.78, 5) is 12.9. The van der Waals surface area contributed by atoms with Gasteiger partial charge in [-0.1, -0.05) is 69.3 Å². The van der Waals surface area contributed by atoms with E-state index in [0.29, 0.717) is 11.6 Å². The van der Waals surface area contributed by atoms with Gasteiger partial charge in [0.15, 0.2) is 0 Å². The van der Waals surface area contributed by atoms with Crippen molar-refractivity contribution in [3.63, 3.8) is 0 Å². The fourth-order valence-corrected chi connectivity index (χ4v) is 5.00. The van der Waals surface area contributed by atoms with Gasteiger partial charge in [0.05, 0.1) is 17.1 Å². The van der Waals surface area contributed by atoms with E-state index in [1.165, 1.54) is 12.1 Å². The molecule has 0 saturated carbocycles. The van der Waals surface area contributed by atoms with Crippen molar-refractivity contribution in [2.45, 2.75) is 38.0 Å². The first-order valence-electron chi connectivity index (χ1n) is 11.5. The van der Waals surface area contributed by atoms with Crippen molar-refractivity contribution < 1.29 is 17.9 Å². The van der Waals surface area contributed by atoms with Gasteiger partial charge in [-0.15, -0.1) is 0 Å². The maximum Gasteiger partial charge on any atom is 0.264 e. The summed E-state index contributed by atoms with van der Waals surface area (Å²) in [6.07, 6.45) is 0.839. The van der Waals surface area contributed by atoms with Gasteiger partial charge in [0.1, 0.15) is 18.9 Å². The number of para-hydroxylation sites is 1. The average molecular weight is 481 g/mol. The number of sulfonamides is 1. The summed E-state index contributed by atoms with van der Waals surface area (Å²) >= 11 is 0. The number of rotatable bonds is 11. The summed E-state index contributed by atoms with van der Waals surface area (Å²) in [5.41, 5.74) is 2.63. The Kier molecular flexibility index (Phi) is 8.71. The van der Waals surface area contributed by atoms with E-state index in [-0.39, 0.29) is 24.6 Å². The molecule has 1 amide bonds. The van der Waals surface area contributed by atoms with E-state index in [2.05, 4.69) is 19.2 Å². The smallest absolute Gasteiger partial charge is 0.264 e. The van der Waals surface area contributed by atoms with Crippen molar-refractivity contribution in [2.24, 2.45) is 0 Å². The molecule has 0 aliphatic heterocycles. The Labute approximate surface area is 202 Å². The lowest BCUT2D eigenvalue weighted by molar-refractivity contribution is -0.119. The largest absolute Gasteiger partial charge is 0.491 e. The second-order valence-electron chi connectivity index (χ2n) is 8.24. The number of hydrogen-bond acceptors (Lipinski definition) is 4. The topological polar surface area (TPSA) is 75.7 Å². The monoisotopic (exact) mass is 480 g/mol. The molecular formula is C27H32N2O4S. The second-order valence-corrected chi connectivity index (χ2v) is 10.1. The van der Waals surface area contributed by atoms with Crippen LogP contribution in [0.3, 0.4) is 0 Å². The Morgan fingerprint density at radius 1 is 0.941 bits per heavy atom. The molecule has 7 heteroatoms. The number of hydrogen-bond donors (Lipinski definition) is 1. The molecule has 34 heavy (non-hydrogen) atoms. The van der Waals surface area contributed by atoms with Crippen LogP contribution in [-0.4, -0.2) is 34.0 Å². The van der Waals surface area contributed by atoms with Crippen LogP contribution in [0, 0.1) is 0 Å². The summed E-state index contributed by atoms with van der Waals surface area (Å²) in [6, 6.07) is 23.2. The molecule has 0 fully saturated rings. The van der Waals surface area contributed by atoms with Crippen molar-refractivity contribution in [1.29, 1.82) is 0 Å². The van der Waals surface area contributed by atoms with E-state index in [1.54, 1.807) is 30.3 Å². The molecule has 0 atom stereocenters. The minimum Gasteiger partial charge on any atom is -0.491 e. The quantitative estimate of drug-likeness (QED) is 0.402. The van der Waals surface area contributed by atoms with Crippen LogP contribution < -0.4 is 14.4 Å². The van der Waals surface area contributed by atoms with E-state index in [0.717, 1.165) is 27.6 Å². The molecule has 0 aromatic heterocycles. The Bertz CT molecular complexity index is 1180. The Hall–Kier alpha value is -3.32. The predicted molar refractivity (Wildman–Crippen MR) is 136 cm³/mol. The number of benzene rings is 3. The van der Waals surface area contributed by atoms with Crippen LogP contribution in [-0.2, 0) is 21.2 Å². The summed E-state index contributed by atoms with van der Waals surface area (Å²) in [5.74, 6) is 0.706. The normalized spacial score (nSPS) is 11.3. The van der Waals surface area contributed by atoms with Crippen molar-refractivity contribution in [1.82, 2.24) is 5.32 Å². The molecule has 0 radical (unpaired) electrons. The van der Waals surface area contributed by atoms with E-state index in [4.69, 9.17) is 4.74 Å². The van der Waals surface area contributed by atoms with Gasteiger partial charge in [0, 0.05) is 0 Å². The fraction of sp³-hybridized carbons (Fsp3) is 0.296. The molecule has 0 saturated heterocycles. The standard InChI is InChI=1S/C27H32N2O4S/c1-4-22-14-16-23(17-15-22)29(34(31,32)24-10-6-5-7-11-24)20-27(30)28-18-19-33-26-13-9-8-12-25(26)21(2)3/h5-17,21H,4,18-20H2,1-3H3,(H,28,30). The first kappa shape index (κ1) is 25.3. The van der Waals surface area contributed by atoms with Crippen LogP contribution in [0.4, 0.5) is 5.69 Å². The zero-order valence-corrected chi connectivity index (χ0v) is 20.7. The lowest BCUT2D eigenvalue weighted by atomic mass is 10.0. The molecule has 3 aromatic rings. The lowest BCUT2D eigenvalue weighted by Crippen LogP contribution is -2.41. The third-order valence-electron chi connectivity index (χ3n) is 5.47. The number of carbonyl (C=O) groups excluding carboxylic acids is 1. The third-order valence-corrected chi connectivity index (χ3v) is 7.26. The van der Waals surface area contributed by atoms with Crippen molar-refractivity contribution in [3.8, 4) is 5.75 Å². The molecule has 0 aliphatic carbocycles. The molecule has 3 rings (SSSR count). The van der Waals surface area contributed by atoms with Crippen LogP contribution in [0.5, 0.6) is 5.75 Å². The van der Waals surface area contributed by atoms with Crippen LogP contribution >= 0.6 is 0 Å². The van der Waals surface area contributed by atoms with Crippen molar-refractivity contribution in [3.05, 3.63) is 90.0 Å². The molecule has 1 N–H and O–H groups in total. The van der Waals surface area contributed by atoms with Crippen LogP contribution in [0.2, 0.25) is 0 Å². The highest BCUT2D eigenvalue weighted by Gasteiger charge is 2.27. The highest BCUT2D eigenvalue weighted by Crippen LogP contribution is 2.26. The molecule has 6 nitrogen and oxygen atoms in total. The van der Waals surface area contributed by atoms with Crippen LogP contribution in [0.1, 0.15) is 37.8 Å². The van der Waals surface area contributed by atoms with Gasteiger partial charge >= 0.3 is 0 Å². The SMILES string of the molecule is CCc1ccc(N(CC(=O)NCCOc2ccccc2C(C)C)S(=O)(=O)c2ccccc2)cc1. The Morgan fingerprint density at radius 2 is 1.59 bits per heavy atom. The molecule has 3 aromatic carbocycles. The maximum atomic E-state index is 13.4. The van der Waals surface area contributed by atoms with E-state index in [9.17, 15) is 13.2 Å². The number of ether oxygens (including phenoxy) is 1. The number of aryl methyl sites for hydroxylation is 1. The first-order chi connectivity index (χ1) is 16.3. The van der Waals surface area contributed by atoms with Gasteiger partial charge in [-0.05, 0) is 53.8 Å². The zero-order chi connectivity index (χ0) is 24.6. The summed E-state index contributed by atoms with van der Waals surface area (Å²) in [5, 5.41) is 2.78. The summed E-state index contributed by atoms with van der Waals surface area (Å²) in [6.45, 7) is 6.44. The van der Waals surface area contributed by atoms with E-state index in [1.807, 2.05) is 43.3 Å². The first-order valence-corrected chi connectivity index (χ1v) is 12.9. The minimum absolute atomic E-state index is 0.135. The average Bonchev–Trinajstić information content (AvgIpc) is 2.86. The second kappa shape index (κ2) is 11.7. The third kappa shape index (κ3) is 6.38. The van der Waals surface area contributed by atoms with Gasteiger partial charge in [-0.3, -0.25) is 9.10 Å². The van der Waals surface area contributed by atoms with Gasteiger partial charge in [-0.25, -0.2) is 8.42 Å². The number of carbonyl (C=O) groups is 1. The maximum absolute atomic E-state index is 13.4. The Morgan fingerprint density at radius 3 is 2.24 bits per heavy atom. The molecule has 0 spiro atoms. The number of nitrogens with zero attached hydrogens (tertiary/aromatic N) is 1. The Balaban J connectivity index is 1.69. The summed E-state index contributed by atoms with van der Waals surface area (Å²) < 4.78 is 33.7. The number of amides is 1. The van der Waals surface area contributed by atoms with Crippen LogP contribution in [0.25, 0.3) is 0 Å². The van der Waals surface area contributed by atoms with Crippen molar-refractivity contribution >= 4 is 21.6 Å². The zero-order valence-electron chi connectivity index (χ0n) is 19.9. The number of anilines is 1. The van der Waals surface area contributed by atoms with Crippen molar-refractivity contribution in [2.75, 3.05) is 24.0 Å². The van der Waals surface area contributed by atoms with E-state index < -0.39 is 15.9 Å². The van der Waals surface area contributed by atoms with Gasteiger partial charge < -0.3 is 10.1 Å². The number of nitrogens with one attached hydrogen (secondary N) is 1. The van der Waals surface area contributed by atoms with Gasteiger partial charge in [0.2, 0.25) is 5.91 Å². The van der Waals surface area contributed by atoms with Gasteiger partial charge in [-0.2, -0.15) is 0 Å². The van der Waals surface area contributed by atoms with Gasteiger partial charge in [0.25, 0.3) is 10.0 Å². The van der Waals surface area contributed by atoms with Crippen LogP contribution in [0.15, 0.2) is 83.8 Å². The molecule has 0 heterocycles. The summed E-state index contributed by atoms with van der Waals surface area (Å²) in [7, 11) is -3.92. The minimum atomic E-state index is -3.92. The molecule has 180 valence electrons. The predicted octanol–water partition coefficient (Wildman–Crippen LogP) is 4.76. The molecule has 0 bridgehead atoms. The fourth-order valence-electron chi connectivity index (χ4n) is 3.56. The molecular weight excluding hydrogens is 448 g/mol. The highest BCUT2D eigenvalue weighted by atomic mass is 32.2.